The Balaban J connectivity index is 0.000000127. The first-order chi connectivity index (χ1) is 8.28. The number of nitrogen functional groups attached to an aromatic ring is 1. The molecule has 2 bridgehead atoms. The third-order valence-electron chi connectivity index (χ3n) is 2.19. The summed E-state index contributed by atoms with van der Waals surface area (Å²) >= 11 is 0. The van der Waals surface area contributed by atoms with E-state index in [0.717, 1.165) is 12.4 Å². The second-order valence-corrected chi connectivity index (χ2v) is 3.39. The van der Waals surface area contributed by atoms with E-state index in [1.807, 2.05) is 12.1 Å². The summed E-state index contributed by atoms with van der Waals surface area (Å²) in [6, 6.07) is 9.77. The standard InChI is InChI=1S/C7H6O.C5H7N3O/c1-3-7-4-2-6(1)5-8-7;1-9-4-2-3-7-5(6)8-4/h1-4H,5H2;2-3H,1H3,(H2,6,7,8). The van der Waals surface area contributed by atoms with E-state index in [1.165, 1.54) is 12.7 Å². The zero-order chi connectivity index (χ0) is 12.1. The highest BCUT2D eigenvalue weighted by atomic mass is 16.5. The number of ether oxygens (including phenoxy) is 2. The van der Waals surface area contributed by atoms with Gasteiger partial charge in [-0.05, 0) is 17.7 Å². The molecule has 0 atom stereocenters. The smallest absolute Gasteiger partial charge is 0.223 e. The summed E-state index contributed by atoms with van der Waals surface area (Å²) in [5, 5.41) is 0. The van der Waals surface area contributed by atoms with Crippen LogP contribution in [0, 0.1) is 0 Å². The number of nitrogens with two attached hydrogens (primary N) is 1. The summed E-state index contributed by atoms with van der Waals surface area (Å²) in [6.07, 6.45) is 1.54. The van der Waals surface area contributed by atoms with Crippen LogP contribution in [0.25, 0.3) is 0 Å². The Morgan fingerprint density at radius 1 is 1.24 bits per heavy atom. The SMILES string of the molecule is COc1ccnc(N)n1.c1cc2ccc1CO2. The van der Waals surface area contributed by atoms with Crippen LogP contribution in [0.1, 0.15) is 5.56 Å². The number of hydrogen-bond acceptors (Lipinski definition) is 5. The molecule has 0 unspecified atom stereocenters. The summed E-state index contributed by atoms with van der Waals surface area (Å²) < 4.78 is 9.95. The number of rotatable bonds is 1. The number of hydrogen-bond donors (Lipinski definition) is 1. The zero-order valence-electron chi connectivity index (χ0n) is 9.46. The van der Waals surface area contributed by atoms with E-state index >= 15 is 0 Å². The van der Waals surface area contributed by atoms with Gasteiger partial charge < -0.3 is 15.2 Å². The number of nitrogens with zero attached hydrogens (tertiary/aromatic N) is 2. The second-order valence-electron chi connectivity index (χ2n) is 3.39. The van der Waals surface area contributed by atoms with Gasteiger partial charge >= 0.3 is 0 Å². The average Bonchev–Trinajstić information content (AvgIpc) is 2.42. The maximum absolute atomic E-state index is 5.23. The number of fused-ring (bicyclic) bond motifs is 3. The molecule has 0 radical (unpaired) electrons. The molecule has 0 spiro atoms. The maximum atomic E-state index is 5.23. The first kappa shape index (κ1) is 11.2. The van der Waals surface area contributed by atoms with Crippen molar-refractivity contribution in [1.82, 2.24) is 9.97 Å². The molecule has 5 heteroatoms. The molecule has 1 aromatic carbocycles. The molecular formula is C12H13N3O2. The zero-order valence-corrected chi connectivity index (χ0v) is 9.46. The molecule has 2 aliphatic heterocycles. The second kappa shape index (κ2) is 5.16. The van der Waals surface area contributed by atoms with Gasteiger partial charge in [-0.2, -0.15) is 4.98 Å². The largest absolute Gasteiger partial charge is 0.489 e. The fourth-order valence-corrected chi connectivity index (χ4v) is 1.32. The van der Waals surface area contributed by atoms with Crippen molar-refractivity contribution in [1.29, 1.82) is 0 Å². The van der Waals surface area contributed by atoms with Crippen LogP contribution < -0.4 is 15.2 Å². The molecule has 4 rings (SSSR count). The van der Waals surface area contributed by atoms with Gasteiger partial charge in [0.15, 0.2) is 0 Å². The monoisotopic (exact) mass is 231 g/mol. The maximum Gasteiger partial charge on any atom is 0.223 e. The van der Waals surface area contributed by atoms with Crippen LogP contribution >= 0.6 is 0 Å². The average molecular weight is 231 g/mol. The Kier molecular flexibility index (Phi) is 3.40. The molecular weight excluding hydrogens is 218 g/mol. The van der Waals surface area contributed by atoms with Gasteiger partial charge in [0.1, 0.15) is 12.4 Å². The van der Waals surface area contributed by atoms with Gasteiger partial charge in [0.05, 0.1) is 7.11 Å². The van der Waals surface area contributed by atoms with Gasteiger partial charge in [-0.3, -0.25) is 0 Å². The van der Waals surface area contributed by atoms with E-state index in [-0.39, 0.29) is 5.95 Å². The van der Waals surface area contributed by atoms with Crippen molar-refractivity contribution in [3.63, 3.8) is 0 Å². The van der Waals surface area contributed by atoms with Crippen LogP contribution in [-0.4, -0.2) is 17.1 Å². The molecule has 0 saturated carbocycles. The van der Waals surface area contributed by atoms with Crippen LogP contribution in [-0.2, 0) is 6.61 Å². The van der Waals surface area contributed by atoms with E-state index < -0.39 is 0 Å². The van der Waals surface area contributed by atoms with Crippen LogP contribution in [0.5, 0.6) is 11.6 Å². The van der Waals surface area contributed by atoms with Gasteiger partial charge in [-0.15, -0.1) is 0 Å². The summed E-state index contributed by atoms with van der Waals surface area (Å²) in [7, 11) is 1.53. The van der Waals surface area contributed by atoms with Gasteiger partial charge in [0, 0.05) is 12.3 Å². The molecule has 3 heterocycles. The predicted molar refractivity (Wildman–Crippen MR) is 63.8 cm³/mol. The van der Waals surface area contributed by atoms with E-state index in [9.17, 15) is 0 Å². The van der Waals surface area contributed by atoms with Gasteiger partial charge in [-0.1, -0.05) is 12.1 Å². The Bertz CT molecular complexity index is 462. The summed E-state index contributed by atoms with van der Waals surface area (Å²) in [6.45, 7) is 0.766. The fraction of sp³-hybridized carbons (Fsp3) is 0.167. The number of aromatic nitrogens is 2. The summed E-state index contributed by atoms with van der Waals surface area (Å²) in [4.78, 5) is 7.41. The highest BCUT2D eigenvalue weighted by molar-refractivity contribution is 5.30. The quantitative estimate of drug-likeness (QED) is 0.808. The number of anilines is 1. The molecule has 17 heavy (non-hydrogen) atoms. The van der Waals surface area contributed by atoms with E-state index in [2.05, 4.69) is 22.1 Å². The van der Waals surface area contributed by atoms with Crippen molar-refractivity contribution in [3.05, 3.63) is 42.1 Å². The molecule has 2 N–H and O–H groups in total. The van der Waals surface area contributed by atoms with Crippen molar-refractivity contribution < 1.29 is 9.47 Å². The van der Waals surface area contributed by atoms with Crippen LogP contribution in [0.2, 0.25) is 0 Å². The van der Waals surface area contributed by atoms with Crippen LogP contribution in [0.15, 0.2) is 36.5 Å². The first-order valence-electron chi connectivity index (χ1n) is 5.12. The molecule has 2 aliphatic rings. The minimum Gasteiger partial charge on any atom is -0.489 e. The van der Waals surface area contributed by atoms with Gasteiger partial charge in [0.2, 0.25) is 11.8 Å². The molecule has 0 fully saturated rings. The predicted octanol–water partition coefficient (Wildman–Crippen LogP) is 1.65. The van der Waals surface area contributed by atoms with Gasteiger partial charge in [-0.25, -0.2) is 4.98 Å². The minimum atomic E-state index is 0.231. The number of benzene rings is 1. The summed E-state index contributed by atoms with van der Waals surface area (Å²) in [5.74, 6) is 1.71. The topological polar surface area (TPSA) is 70.3 Å². The molecule has 0 aliphatic carbocycles. The Morgan fingerprint density at radius 3 is 2.29 bits per heavy atom. The molecule has 0 saturated heterocycles. The summed E-state index contributed by atoms with van der Waals surface area (Å²) in [5.41, 5.74) is 6.50. The lowest BCUT2D eigenvalue weighted by atomic mass is 10.2. The lowest BCUT2D eigenvalue weighted by Crippen LogP contribution is -2.00. The highest BCUT2D eigenvalue weighted by Gasteiger charge is 2.01. The van der Waals surface area contributed by atoms with Gasteiger partial charge in [0.25, 0.3) is 0 Å². The van der Waals surface area contributed by atoms with Crippen LogP contribution in [0.3, 0.4) is 0 Å². The number of methoxy groups -OCH3 is 1. The molecule has 5 nitrogen and oxygen atoms in total. The van der Waals surface area contributed by atoms with Crippen molar-refractivity contribution in [2.45, 2.75) is 6.61 Å². The van der Waals surface area contributed by atoms with E-state index in [0.29, 0.717) is 5.88 Å². The fourth-order valence-electron chi connectivity index (χ4n) is 1.32. The molecule has 1 aromatic heterocycles. The van der Waals surface area contributed by atoms with E-state index in [1.54, 1.807) is 12.3 Å². The van der Waals surface area contributed by atoms with Crippen molar-refractivity contribution in [2.75, 3.05) is 12.8 Å². The van der Waals surface area contributed by atoms with Crippen LogP contribution in [0.4, 0.5) is 5.95 Å². The minimum absolute atomic E-state index is 0.231. The third kappa shape index (κ3) is 3.07. The highest BCUT2D eigenvalue weighted by Crippen LogP contribution is 2.19. The first-order valence-corrected chi connectivity index (χ1v) is 5.12. The van der Waals surface area contributed by atoms with E-state index in [4.69, 9.17) is 15.2 Å². The third-order valence-corrected chi connectivity index (χ3v) is 2.19. The lowest BCUT2D eigenvalue weighted by molar-refractivity contribution is 0.295. The molecule has 2 aromatic rings. The Labute approximate surface area is 99.2 Å². The lowest BCUT2D eigenvalue weighted by Gasteiger charge is -2.11. The normalized spacial score (nSPS) is 11.1. The Morgan fingerprint density at radius 2 is 2.00 bits per heavy atom. The van der Waals surface area contributed by atoms with Crippen molar-refractivity contribution in [2.24, 2.45) is 0 Å². The molecule has 88 valence electrons. The molecule has 0 amide bonds. The van der Waals surface area contributed by atoms with Crippen molar-refractivity contribution >= 4 is 5.95 Å². The Hall–Kier alpha value is -2.30. The van der Waals surface area contributed by atoms with Crippen molar-refractivity contribution in [3.8, 4) is 11.6 Å².